The average Bonchev–Trinajstić information content (AvgIpc) is 2.71. The van der Waals surface area contributed by atoms with E-state index in [1.807, 2.05) is 18.2 Å². The molecule has 2 rings (SSSR count). The first kappa shape index (κ1) is 14.2. The van der Waals surface area contributed by atoms with Crippen molar-refractivity contribution in [2.75, 3.05) is 27.4 Å². The van der Waals surface area contributed by atoms with Gasteiger partial charge in [0.05, 0.1) is 20.3 Å². The molecule has 0 bridgehead atoms. The lowest BCUT2D eigenvalue weighted by Crippen LogP contribution is -2.29. The fourth-order valence-electron chi connectivity index (χ4n) is 2.43. The zero-order valence-electron chi connectivity index (χ0n) is 11.9. The van der Waals surface area contributed by atoms with Gasteiger partial charge in [0, 0.05) is 24.8 Å². The normalized spacial score (nSPS) is 23.7. The van der Waals surface area contributed by atoms with E-state index in [0.717, 1.165) is 43.1 Å². The minimum atomic E-state index is 0.0154. The summed E-state index contributed by atoms with van der Waals surface area (Å²) in [5, 5.41) is 3.55. The van der Waals surface area contributed by atoms with Crippen molar-refractivity contribution in [3.63, 3.8) is 0 Å². The second-order valence-electron chi connectivity index (χ2n) is 4.77. The molecule has 106 valence electrons. The molecule has 0 spiro atoms. The molecule has 1 N–H and O–H groups in total. The van der Waals surface area contributed by atoms with Crippen molar-refractivity contribution in [2.24, 2.45) is 0 Å². The molecule has 2 unspecified atom stereocenters. The zero-order chi connectivity index (χ0) is 13.7. The maximum absolute atomic E-state index is 5.97. The third kappa shape index (κ3) is 3.39. The molecule has 1 aromatic rings. The second kappa shape index (κ2) is 6.78. The summed E-state index contributed by atoms with van der Waals surface area (Å²) in [5.41, 5.74) is 1.05. The number of nitrogens with one attached hydrogen (secondary N) is 1. The molecular weight excluding hydrogens is 242 g/mol. The number of hydrogen-bond acceptors (Lipinski definition) is 4. The van der Waals surface area contributed by atoms with Crippen LogP contribution >= 0.6 is 0 Å². The highest BCUT2D eigenvalue weighted by Crippen LogP contribution is 2.32. The van der Waals surface area contributed by atoms with E-state index in [4.69, 9.17) is 14.2 Å². The second-order valence-corrected chi connectivity index (χ2v) is 4.77. The molecule has 0 aromatic heterocycles. The van der Waals surface area contributed by atoms with Gasteiger partial charge < -0.3 is 19.5 Å². The van der Waals surface area contributed by atoms with Gasteiger partial charge in [-0.15, -0.1) is 0 Å². The number of hydrogen-bond donors (Lipinski definition) is 1. The van der Waals surface area contributed by atoms with Gasteiger partial charge in [-0.3, -0.25) is 0 Å². The van der Waals surface area contributed by atoms with Crippen LogP contribution in [0.2, 0.25) is 0 Å². The molecule has 1 heterocycles. The minimum absolute atomic E-state index is 0.0154. The van der Waals surface area contributed by atoms with Crippen LogP contribution in [0, 0.1) is 0 Å². The van der Waals surface area contributed by atoms with Gasteiger partial charge in [-0.05, 0) is 31.0 Å². The van der Waals surface area contributed by atoms with Crippen molar-refractivity contribution < 1.29 is 14.2 Å². The highest BCUT2D eigenvalue weighted by atomic mass is 16.5. The summed E-state index contributed by atoms with van der Waals surface area (Å²) in [6.07, 6.45) is 2.20. The van der Waals surface area contributed by atoms with Gasteiger partial charge in [0.1, 0.15) is 11.5 Å². The summed E-state index contributed by atoms with van der Waals surface area (Å²) in [6, 6.07) is 6.37. The first-order valence-corrected chi connectivity index (χ1v) is 6.85. The van der Waals surface area contributed by atoms with Gasteiger partial charge in [0.25, 0.3) is 0 Å². The Kier molecular flexibility index (Phi) is 5.05. The largest absolute Gasteiger partial charge is 0.497 e. The van der Waals surface area contributed by atoms with Crippen LogP contribution in [0.5, 0.6) is 11.5 Å². The highest BCUT2D eigenvalue weighted by Gasteiger charge is 2.22. The molecule has 1 aromatic carbocycles. The van der Waals surface area contributed by atoms with Crippen LogP contribution < -0.4 is 14.8 Å². The van der Waals surface area contributed by atoms with Crippen LogP contribution in [0.4, 0.5) is 0 Å². The monoisotopic (exact) mass is 265 g/mol. The van der Waals surface area contributed by atoms with E-state index >= 15 is 0 Å². The molecule has 0 radical (unpaired) electrons. The molecule has 4 nitrogen and oxygen atoms in total. The summed E-state index contributed by atoms with van der Waals surface area (Å²) in [6.45, 7) is 3.78. The minimum Gasteiger partial charge on any atom is -0.497 e. The summed E-state index contributed by atoms with van der Waals surface area (Å²) >= 11 is 0. The van der Waals surface area contributed by atoms with E-state index < -0.39 is 0 Å². The van der Waals surface area contributed by atoms with E-state index in [1.165, 1.54) is 0 Å². The van der Waals surface area contributed by atoms with Gasteiger partial charge in [0.15, 0.2) is 0 Å². The predicted octanol–water partition coefficient (Wildman–Crippen LogP) is 2.53. The van der Waals surface area contributed by atoms with Crippen LogP contribution in [0.1, 0.15) is 31.4 Å². The van der Waals surface area contributed by atoms with Crippen molar-refractivity contribution in [3.8, 4) is 11.5 Å². The van der Waals surface area contributed by atoms with Crippen LogP contribution in [-0.4, -0.2) is 33.4 Å². The lowest BCUT2D eigenvalue weighted by molar-refractivity contribution is 0.0644. The van der Waals surface area contributed by atoms with E-state index in [-0.39, 0.29) is 6.10 Å². The predicted molar refractivity (Wildman–Crippen MR) is 74.9 cm³/mol. The lowest BCUT2D eigenvalue weighted by Gasteiger charge is -2.19. The van der Waals surface area contributed by atoms with Crippen LogP contribution in [0.3, 0.4) is 0 Å². The zero-order valence-corrected chi connectivity index (χ0v) is 11.9. The fourth-order valence-corrected chi connectivity index (χ4v) is 2.43. The Bertz CT molecular complexity index is 408. The smallest absolute Gasteiger partial charge is 0.124 e. The fraction of sp³-hybridized carbons (Fsp3) is 0.600. The molecule has 0 aliphatic carbocycles. The van der Waals surface area contributed by atoms with Crippen LogP contribution in [0.15, 0.2) is 18.2 Å². The Morgan fingerprint density at radius 2 is 2.16 bits per heavy atom. The molecule has 1 aliphatic heterocycles. The number of methoxy groups -OCH3 is 2. The first-order chi connectivity index (χ1) is 9.28. The van der Waals surface area contributed by atoms with Crippen molar-refractivity contribution in [2.45, 2.75) is 31.9 Å². The quantitative estimate of drug-likeness (QED) is 0.908. The van der Waals surface area contributed by atoms with Crippen molar-refractivity contribution >= 4 is 0 Å². The van der Waals surface area contributed by atoms with Gasteiger partial charge in [-0.1, -0.05) is 6.92 Å². The molecule has 4 heteroatoms. The molecule has 1 saturated heterocycles. The number of benzene rings is 1. The van der Waals surface area contributed by atoms with Gasteiger partial charge in [-0.25, -0.2) is 0 Å². The molecule has 1 fully saturated rings. The van der Waals surface area contributed by atoms with E-state index in [9.17, 15) is 0 Å². The summed E-state index contributed by atoms with van der Waals surface area (Å²) in [4.78, 5) is 0. The first-order valence-electron chi connectivity index (χ1n) is 6.85. The highest BCUT2D eigenvalue weighted by molar-refractivity contribution is 5.42. The maximum atomic E-state index is 5.97. The SMILES string of the molecule is CCC1CCOC(c2cc(OC)ccc2OC)CN1. The van der Waals surface area contributed by atoms with Gasteiger partial charge in [-0.2, -0.15) is 0 Å². The Labute approximate surface area is 115 Å². The molecule has 2 atom stereocenters. The Hall–Kier alpha value is -1.26. The molecule has 0 amide bonds. The molecule has 1 aliphatic rings. The number of rotatable bonds is 4. The Morgan fingerprint density at radius 3 is 2.84 bits per heavy atom. The molecule has 19 heavy (non-hydrogen) atoms. The van der Waals surface area contributed by atoms with Crippen LogP contribution in [-0.2, 0) is 4.74 Å². The van der Waals surface area contributed by atoms with Gasteiger partial charge >= 0.3 is 0 Å². The summed E-state index contributed by atoms with van der Waals surface area (Å²) in [7, 11) is 3.36. The average molecular weight is 265 g/mol. The van der Waals surface area contributed by atoms with Gasteiger partial charge in [0.2, 0.25) is 0 Å². The van der Waals surface area contributed by atoms with E-state index in [2.05, 4.69) is 12.2 Å². The standard InChI is InChI=1S/C15H23NO3/c1-4-11-7-8-19-15(10-16-11)13-9-12(17-2)5-6-14(13)18-3/h5-6,9,11,15-16H,4,7-8,10H2,1-3H3. The molecular formula is C15H23NO3. The topological polar surface area (TPSA) is 39.7 Å². The third-order valence-electron chi connectivity index (χ3n) is 3.65. The number of ether oxygens (including phenoxy) is 3. The summed E-state index contributed by atoms with van der Waals surface area (Å²) < 4.78 is 16.7. The Balaban J connectivity index is 2.19. The van der Waals surface area contributed by atoms with Crippen molar-refractivity contribution in [3.05, 3.63) is 23.8 Å². The van der Waals surface area contributed by atoms with Crippen LogP contribution in [0.25, 0.3) is 0 Å². The summed E-state index contributed by atoms with van der Waals surface area (Å²) in [5.74, 6) is 1.68. The van der Waals surface area contributed by atoms with E-state index in [1.54, 1.807) is 14.2 Å². The van der Waals surface area contributed by atoms with Crippen molar-refractivity contribution in [1.82, 2.24) is 5.32 Å². The third-order valence-corrected chi connectivity index (χ3v) is 3.65. The van der Waals surface area contributed by atoms with Crippen molar-refractivity contribution in [1.29, 1.82) is 0 Å². The lowest BCUT2D eigenvalue weighted by atomic mass is 10.1. The molecule has 0 saturated carbocycles. The van der Waals surface area contributed by atoms with E-state index in [0.29, 0.717) is 6.04 Å². The Morgan fingerprint density at radius 1 is 1.32 bits per heavy atom. The maximum Gasteiger partial charge on any atom is 0.124 e.